The van der Waals surface area contributed by atoms with Crippen LogP contribution in [0.25, 0.3) is 0 Å². The summed E-state index contributed by atoms with van der Waals surface area (Å²) in [6.45, 7) is 11.1. The molecule has 1 amide bonds. The Bertz CT molecular complexity index is 347. The number of hydrogen-bond donors (Lipinski definition) is 0. The molecule has 0 atom stereocenters. The van der Waals surface area contributed by atoms with E-state index in [-0.39, 0.29) is 11.9 Å². The van der Waals surface area contributed by atoms with E-state index in [0.717, 1.165) is 51.4 Å². The van der Waals surface area contributed by atoms with Gasteiger partial charge >= 0.3 is 5.97 Å². The fraction of sp³-hybridized carbons (Fsp3) is 0.900. The van der Waals surface area contributed by atoms with Crippen molar-refractivity contribution in [3.8, 4) is 0 Å². The monoisotopic (exact) mass is 341 g/mol. The summed E-state index contributed by atoms with van der Waals surface area (Å²) in [6.07, 6.45) is 9.09. The van der Waals surface area contributed by atoms with E-state index in [9.17, 15) is 9.59 Å². The van der Waals surface area contributed by atoms with Crippen LogP contribution < -0.4 is 0 Å². The highest BCUT2D eigenvalue weighted by Gasteiger charge is 2.45. The van der Waals surface area contributed by atoms with Gasteiger partial charge in [0.1, 0.15) is 5.54 Å². The number of unbranched alkanes of at least 4 members (excludes halogenated alkanes) is 4. The molecule has 0 aliphatic carbocycles. The van der Waals surface area contributed by atoms with E-state index in [1.807, 2.05) is 4.90 Å². The zero-order valence-electron chi connectivity index (χ0n) is 16.7. The van der Waals surface area contributed by atoms with Crippen LogP contribution in [-0.4, -0.2) is 35.5 Å². The molecule has 0 aromatic heterocycles. The van der Waals surface area contributed by atoms with Crippen molar-refractivity contribution in [2.45, 2.75) is 104 Å². The topological polar surface area (TPSA) is 46.6 Å². The molecule has 0 saturated carbocycles. The second kappa shape index (κ2) is 13.3. The molecule has 0 heterocycles. The lowest BCUT2D eigenvalue weighted by Crippen LogP contribution is -2.57. The molecule has 0 radical (unpaired) electrons. The van der Waals surface area contributed by atoms with Gasteiger partial charge in [-0.1, -0.05) is 66.2 Å². The minimum atomic E-state index is -0.777. The van der Waals surface area contributed by atoms with Crippen molar-refractivity contribution in [3.05, 3.63) is 0 Å². The maximum absolute atomic E-state index is 13.0. The largest absolute Gasteiger partial charge is 0.464 e. The second-order valence-electron chi connectivity index (χ2n) is 6.75. The van der Waals surface area contributed by atoms with Gasteiger partial charge < -0.3 is 9.64 Å². The Morgan fingerprint density at radius 2 is 1.33 bits per heavy atom. The fourth-order valence-electron chi connectivity index (χ4n) is 3.08. The first-order valence-electron chi connectivity index (χ1n) is 9.95. The lowest BCUT2D eigenvalue weighted by atomic mass is 9.84. The number of amides is 1. The van der Waals surface area contributed by atoms with Crippen LogP contribution in [0.15, 0.2) is 0 Å². The zero-order valence-corrected chi connectivity index (χ0v) is 16.7. The van der Waals surface area contributed by atoms with Crippen LogP contribution in [0.2, 0.25) is 0 Å². The van der Waals surface area contributed by atoms with Crippen molar-refractivity contribution in [1.82, 2.24) is 4.90 Å². The molecule has 0 aromatic carbocycles. The third-order valence-corrected chi connectivity index (χ3v) is 4.63. The highest BCUT2D eigenvalue weighted by atomic mass is 16.5. The summed E-state index contributed by atoms with van der Waals surface area (Å²) < 4.78 is 5.62. The van der Waals surface area contributed by atoms with Crippen molar-refractivity contribution in [1.29, 1.82) is 0 Å². The van der Waals surface area contributed by atoms with Gasteiger partial charge in [-0.25, -0.2) is 4.79 Å². The number of carbonyl (C=O) groups is 2. The summed E-state index contributed by atoms with van der Waals surface area (Å²) in [6, 6.07) is 0. The second-order valence-corrected chi connectivity index (χ2v) is 6.75. The van der Waals surface area contributed by atoms with Gasteiger partial charge in [0.25, 0.3) is 0 Å². The summed E-state index contributed by atoms with van der Waals surface area (Å²) in [5.41, 5.74) is -0.777. The Labute approximate surface area is 149 Å². The van der Waals surface area contributed by atoms with Gasteiger partial charge in [-0.3, -0.25) is 4.79 Å². The molecule has 0 aliphatic rings. The highest BCUT2D eigenvalue weighted by molar-refractivity contribution is 5.87. The van der Waals surface area contributed by atoms with E-state index in [4.69, 9.17) is 4.74 Å². The third kappa shape index (κ3) is 7.23. The quantitative estimate of drug-likeness (QED) is 0.326. The van der Waals surface area contributed by atoms with Crippen LogP contribution in [0.3, 0.4) is 0 Å². The smallest absolute Gasteiger partial charge is 0.332 e. The van der Waals surface area contributed by atoms with Gasteiger partial charge in [0.2, 0.25) is 5.91 Å². The molecule has 0 aromatic rings. The molecule has 0 aliphatic heterocycles. The number of hydrogen-bond acceptors (Lipinski definition) is 3. The van der Waals surface area contributed by atoms with E-state index >= 15 is 0 Å². The summed E-state index contributed by atoms with van der Waals surface area (Å²) in [4.78, 5) is 27.2. The first-order chi connectivity index (χ1) is 11.5. The van der Waals surface area contributed by atoms with Crippen molar-refractivity contribution < 1.29 is 14.3 Å². The van der Waals surface area contributed by atoms with E-state index in [1.54, 1.807) is 6.92 Å². The Kier molecular flexibility index (Phi) is 12.7. The minimum Gasteiger partial charge on any atom is -0.464 e. The van der Waals surface area contributed by atoms with E-state index < -0.39 is 5.54 Å². The van der Waals surface area contributed by atoms with Gasteiger partial charge in [-0.05, 0) is 25.7 Å². The maximum atomic E-state index is 13.0. The van der Waals surface area contributed by atoms with Gasteiger partial charge in [0, 0.05) is 13.5 Å². The molecule has 0 unspecified atom stereocenters. The molecule has 142 valence electrons. The summed E-state index contributed by atoms with van der Waals surface area (Å²) >= 11 is 0. The van der Waals surface area contributed by atoms with E-state index in [1.165, 1.54) is 0 Å². The molecule has 24 heavy (non-hydrogen) atoms. The molecule has 0 bridgehead atoms. The average Bonchev–Trinajstić information content (AvgIpc) is 2.56. The average molecular weight is 342 g/mol. The standard InChI is InChI=1S/C20H39NO3/c1-6-10-14-20(15-11-7-2,19(23)24-17-13-9-4)21(18(5)22)16-12-8-3/h6-17H2,1-5H3. The van der Waals surface area contributed by atoms with Crippen molar-refractivity contribution >= 4 is 11.9 Å². The summed E-state index contributed by atoms with van der Waals surface area (Å²) in [5.74, 6) is -0.202. The molecule has 0 fully saturated rings. The zero-order chi connectivity index (χ0) is 18.4. The van der Waals surface area contributed by atoms with Gasteiger partial charge in [-0.15, -0.1) is 0 Å². The molecular formula is C20H39NO3. The highest BCUT2D eigenvalue weighted by Crippen LogP contribution is 2.31. The molecule has 0 rings (SSSR count). The van der Waals surface area contributed by atoms with Crippen LogP contribution in [0.4, 0.5) is 0 Å². The SMILES string of the molecule is CCCCOC(=O)C(CCCC)(CCCC)N(CCCC)C(C)=O. The Morgan fingerprint density at radius 3 is 1.75 bits per heavy atom. The fourth-order valence-corrected chi connectivity index (χ4v) is 3.08. The van der Waals surface area contributed by atoms with Crippen LogP contribution in [-0.2, 0) is 14.3 Å². The number of nitrogens with zero attached hydrogens (tertiary/aromatic N) is 1. The molecule has 0 N–H and O–H groups in total. The molecule has 0 spiro atoms. The lowest BCUT2D eigenvalue weighted by molar-refractivity contribution is -0.166. The van der Waals surface area contributed by atoms with Gasteiger partial charge in [0.15, 0.2) is 0 Å². The number of ether oxygens (including phenoxy) is 1. The van der Waals surface area contributed by atoms with Crippen molar-refractivity contribution in [3.63, 3.8) is 0 Å². The minimum absolute atomic E-state index is 0.0110. The third-order valence-electron chi connectivity index (χ3n) is 4.63. The number of esters is 1. The first-order valence-corrected chi connectivity index (χ1v) is 9.95. The Morgan fingerprint density at radius 1 is 0.833 bits per heavy atom. The van der Waals surface area contributed by atoms with Crippen molar-refractivity contribution in [2.75, 3.05) is 13.2 Å². The maximum Gasteiger partial charge on any atom is 0.332 e. The molecule has 4 nitrogen and oxygen atoms in total. The first kappa shape index (κ1) is 22.9. The van der Waals surface area contributed by atoms with E-state index in [0.29, 0.717) is 26.0 Å². The predicted octanol–water partition coefficient (Wildman–Crippen LogP) is 5.10. The van der Waals surface area contributed by atoms with Crippen molar-refractivity contribution in [2.24, 2.45) is 0 Å². The summed E-state index contributed by atoms with van der Waals surface area (Å²) in [7, 11) is 0. The van der Waals surface area contributed by atoms with Crippen LogP contribution in [0.1, 0.15) is 98.8 Å². The Balaban J connectivity index is 5.55. The lowest BCUT2D eigenvalue weighted by Gasteiger charge is -2.42. The van der Waals surface area contributed by atoms with Crippen LogP contribution in [0.5, 0.6) is 0 Å². The predicted molar refractivity (Wildman–Crippen MR) is 99.9 cm³/mol. The molecule has 4 heteroatoms. The van der Waals surface area contributed by atoms with E-state index in [2.05, 4.69) is 27.7 Å². The number of rotatable bonds is 14. The van der Waals surface area contributed by atoms with Gasteiger partial charge in [-0.2, -0.15) is 0 Å². The Hall–Kier alpha value is -1.06. The summed E-state index contributed by atoms with van der Waals surface area (Å²) in [5, 5.41) is 0. The molecule has 0 saturated heterocycles. The molecular weight excluding hydrogens is 302 g/mol. The van der Waals surface area contributed by atoms with Gasteiger partial charge in [0.05, 0.1) is 6.61 Å². The number of carbonyl (C=O) groups excluding carboxylic acids is 2. The van der Waals surface area contributed by atoms with Crippen LogP contribution >= 0.6 is 0 Å². The normalized spacial score (nSPS) is 11.4. The van der Waals surface area contributed by atoms with Crippen LogP contribution in [0, 0.1) is 0 Å².